The maximum atomic E-state index is 12.6. The number of fused-ring (bicyclic) bond motifs is 2. The van der Waals surface area contributed by atoms with Crippen LogP contribution in [-0.4, -0.2) is 43.9 Å². The standard InChI is InChI=1S/C12H16ClNO3S2/c13-6-5-11-3-4-12(18-11)19(15,16)14-7-9-1-2-10(8-14)17-9/h3-4,9-10H,1-2,5-8H2. The molecule has 106 valence electrons. The summed E-state index contributed by atoms with van der Waals surface area (Å²) in [6.07, 6.45) is 2.82. The zero-order chi connectivity index (χ0) is 13.5. The van der Waals surface area contributed by atoms with Gasteiger partial charge in [-0.3, -0.25) is 0 Å². The maximum absolute atomic E-state index is 12.6. The highest BCUT2D eigenvalue weighted by molar-refractivity contribution is 7.91. The molecule has 19 heavy (non-hydrogen) atoms. The summed E-state index contributed by atoms with van der Waals surface area (Å²) in [5, 5.41) is 0. The first-order chi connectivity index (χ1) is 9.09. The van der Waals surface area contributed by atoms with E-state index in [1.54, 1.807) is 10.4 Å². The topological polar surface area (TPSA) is 46.6 Å². The number of ether oxygens (including phenoxy) is 1. The van der Waals surface area contributed by atoms with Gasteiger partial charge in [0.25, 0.3) is 10.0 Å². The number of hydrogen-bond acceptors (Lipinski definition) is 4. The lowest BCUT2D eigenvalue weighted by atomic mass is 10.2. The molecule has 3 heterocycles. The lowest BCUT2D eigenvalue weighted by Gasteiger charge is -2.30. The SMILES string of the molecule is O=S(=O)(c1ccc(CCCl)s1)N1CC2CCC(C1)O2. The summed E-state index contributed by atoms with van der Waals surface area (Å²) in [4.78, 5) is 1.02. The quantitative estimate of drug-likeness (QED) is 0.798. The molecule has 2 bridgehead atoms. The van der Waals surface area contributed by atoms with Crippen molar-refractivity contribution in [2.24, 2.45) is 0 Å². The predicted octanol–water partition coefficient (Wildman–Crippen LogP) is 2.08. The molecule has 3 rings (SSSR count). The Morgan fingerprint density at radius 2 is 2.00 bits per heavy atom. The number of hydrogen-bond donors (Lipinski definition) is 0. The fourth-order valence-corrected chi connectivity index (χ4v) is 5.95. The van der Waals surface area contributed by atoms with Crippen molar-refractivity contribution < 1.29 is 13.2 Å². The molecule has 2 unspecified atom stereocenters. The molecule has 2 atom stereocenters. The molecule has 2 aliphatic heterocycles. The van der Waals surface area contributed by atoms with E-state index in [9.17, 15) is 8.42 Å². The minimum Gasteiger partial charge on any atom is -0.372 e. The van der Waals surface area contributed by atoms with Crippen molar-refractivity contribution in [3.63, 3.8) is 0 Å². The van der Waals surface area contributed by atoms with Crippen LogP contribution in [-0.2, 0) is 21.2 Å². The Kier molecular flexibility index (Phi) is 3.88. The van der Waals surface area contributed by atoms with Gasteiger partial charge in [0.15, 0.2) is 0 Å². The van der Waals surface area contributed by atoms with Gasteiger partial charge in [-0.05, 0) is 31.4 Å². The zero-order valence-corrected chi connectivity index (χ0v) is 12.8. The van der Waals surface area contributed by atoms with Crippen LogP contribution in [0.1, 0.15) is 17.7 Å². The summed E-state index contributed by atoms with van der Waals surface area (Å²) in [5.74, 6) is 0.516. The van der Waals surface area contributed by atoms with E-state index in [-0.39, 0.29) is 12.2 Å². The van der Waals surface area contributed by atoms with Crippen molar-refractivity contribution in [1.29, 1.82) is 0 Å². The van der Waals surface area contributed by atoms with Crippen LogP contribution in [0, 0.1) is 0 Å². The van der Waals surface area contributed by atoms with Crippen molar-refractivity contribution in [1.82, 2.24) is 4.31 Å². The number of aryl methyl sites for hydroxylation is 1. The van der Waals surface area contributed by atoms with E-state index in [1.807, 2.05) is 6.07 Å². The first-order valence-electron chi connectivity index (χ1n) is 6.40. The molecule has 0 N–H and O–H groups in total. The van der Waals surface area contributed by atoms with Gasteiger partial charge in [-0.2, -0.15) is 4.31 Å². The van der Waals surface area contributed by atoms with E-state index in [0.29, 0.717) is 23.2 Å². The second kappa shape index (κ2) is 5.33. The number of morpholine rings is 1. The molecule has 0 aromatic carbocycles. The molecule has 0 saturated carbocycles. The average Bonchev–Trinajstić information content (AvgIpc) is 2.97. The van der Waals surface area contributed by atoms with Gasteiger partial charge in [-0.25, -0.2) is 8.42 Å². The van der Waals surface area contributed by atoms with Gasteiger partial charge >= 0.3 is 0 Å². The van der Waals surface area contributed by atoms with Crippen LogP contribution in [0.15, 0.2) is 16.3 Å². The average molecular weight is 322 g/mol. The van der Waals surface area contributed by atoms with Crippen LogP contribution in [0.3, 0.4) is 0 Å². The van der Waals surface area contributed by atoms with E-state index in [2.05, 4.69) is 0 Å². The summed E-state index contributed by atoms with van der Waals surface area (Å²) in [6, 6.07) is 3.55. The molecule has 1 aromatic heterocycles. The third-order valence-corrected chi connectivity index (χ3v) is 7.22. The normalized spacial score (nSPS) is 27.8. The Labute approximate surface area is 122 Å². The number of alkyl halides is 1. The molecular weight excluding hydrogens is 306 g/mol. The first kappa shape index (κ1) is 13.8. The second-order valence-electron chi connectivity index (χ2n) is 4.94. The number of nitrogens with zero attached hydrogens (tertiary/aromatic N) is 1. The summed E-state index contributed by atoms with van der Waals surface area (Å²) in [6.45, 7) is 0.975. The molecule has 0 spiro atoms. The summed E-state index contributed by atoms with van der Waals surface area (Å²) in [7, 11) is -3.36. The third kappa shape index (κ3) is 2.69. The Bertz CT molecular complexity index is 545. The van der Waals surface area contributed by atoms with Gasteiger partial charge in [-0.15, -0.1) is 22.9 Å². The highest BCUT2D eigenvalue weighted by Gasteiger charge is 2.39. The fraction of sp³-hybridized carbons (Fsp3) is 0.667. The smallest absolute Gasteiger partial charge is 0.252 e. The third-order valence-electron chi connectivity index (χ3n) is 3.58. The molecule has 2 saturated heterocycles. The van der Waals surface area contributed by atoms with Gasteiger partial charge in [0, 0.05) is 23.8 Å². The molecule has 0 radical (unpaired) electrons. The first-order valence-corrected chi connectivity index (χ1v) is 9.19. The molecule has 2 aliphatic rings. The lowest BCUT2D eigenvalue weighted by molar-refractivity contribution is -0.0114. The maximum Gasteiger partial charge on any atom is 0.252 e. The van der Waals surface area contributed by atoms with Crippen LogP contribution in [0.2, 0.25) is 0 Å². The van der Waals surface area contributed by atoms with Crippen LogP contribution in [0.5, 0.6) is 0 Å². The highest BCUT2D eigenvalue weighted by atomic mass is 35.5. The fourth-order valence-electron chi connectivity index (χ4n) is 2.63. The van der Waals surface area contributed by atoms with Gasteiger partial charge in [-0.1, -0.05) is 0 Å². The van der Waals surface area contributed by atoms with E-state index in [0.717, 1.165) is 24.1 Å². The van der Waals surface area contributed by atoms with E-state index in [4.69, 9.17) is 16.3 Å². The van der Waals surface area contributed by atoms with Crippen LogP contribution < -0.4 is 0 Å². The van der Waals surface area contributed by atoms with Crippen molar-refractivity contribution >= 4 is 33.0 Å². The lowest BCUT2D eigenvalue weighted by Crippen LogP contribution is -2.45. The van der Waals surface area contributed by atoms with Gasteiger partial charge in [0.1, 0.15) is 4.21 Å². The zero-order valence-electron chi connectivity index (χ0n) is 10.4. The minimum absolute atomic E-state index is 0.0794. The van der Waals surface area contributed by atoms with Crippen LogP contribution >= 0.6 is 22.9 Å². The number of sulfonamides is 1. The van der Waals surface area contributed by atoms with Crippen molar-refractivity contribution in [3.05, 3.63) is 17.0 Å². The van der Waals surface area contributed by atoms with Crippen molar-refractivity contribution in [2.75, 3.05) is 19.0 Å². The summed E-state index contributed by atoms with van der Waals surface area (Å²) < 4.78 is 32.8. The molecule has 7 heteroatoms. The van der Waals surface area contributed by atoms with Crippen molar-refractivity contribution in [2.45, 2.75) is 35.7 Å². The van der Waals surface area contributed by atoms with Gasteiger partial charge < -0.3 is 4.74 Å². The predicted molar refractivity (Wildman–Crippen MR) is 75.4 cm³/mol. The Morgan fingerprint density at radius 1 is 1.32 bits per heavy atom. The Morgan fingerprint density at radius 3 is 2.63 bits per heavy atom. The molecule has 0 amide bonds. The summed E-state index contributed by atoms with van der Waals surface area (Å²) >= 11 is 7.01. The Balaban J connectivity index is 1.81. The number of halogens is 1. The van der Waals surface area contributed by atoms with Gasteiger partial charge in [0.2, 0.25) is 0 Å². The second-order valence-corrected chi connectivity index (χ2v) is 8.65. The number of thiophene rings is 1. The number of rotatable bonds is 4. The van der Waals surface area contributed by atoms with Crippen molar-refractivity contribution in [3.8, 4) is 0 Å². The molecule has 2 fully saturated rings. The molecule has 4 nitrogen and oxygen atoms in total. The molecular formula is C12H16ClNO3S2. The highest BCUT2D eigenvalue weighted by Crippen LogP contribution is 2.32. The van der Waals surface area contributed by atoms with Crippen LogP contribution in [0.25, 0.3) is 0 Å². The summed E-state index contributed by atoms with van der Waals surface area (Å²) in [5.41, 5.74) is 0. The Hall–Kier alpha value is -0.140. The minimum atomic E-state index is -3.36. The largest absolute Gasteiger partial charge is 0.372 e. The van der Waals surface area contributed by atoms with E-state index >= 15 is 0 Å². The monoisotopic (exact) mass is 321 g/mol. The van der Waals surface area contributed by atoms with E-state index < -0.39 is 10.0 Å². The van der Waals surface area contributed by atoms with Crippen LogP contribution in [0.4, 0.5) is 0 Å². The molecule has 1 aromatic rings. The van der Waals surface area contributed by atoms with Gasteiger partial charge in [0.05, 0.1) is 12.2 Å². The van der Waals surface area contributed by atoms with E-state index in [1.165, 1.54) is 11.3 Å². The molecule has 0 aliphatic carbocycles.